The van der Waals surface area contributed by atoms with Gasteiger partial charge in [-0.05, 0) is 40.0 Å². The molecule has 0 aliphatic rings. The number of halogens is 1. The van der Waals surface area contributed by atoms with Gasteiger partial charge in [-0.3, -0.25) is 0 Å². The number of aromatic nitrogens is 2. The summed E-state index contributed by atoms with van der Waals surface area (Å²) >= 11 is 5.14. The summed E-state index contributed by atoms with van der Waals surface area (Å²) in [5, 5.41) is 0. The normalized spacial score (nSPS) is 12.5. The predicted molar refractivity (Wildman–Crippen MR) is 86.7 cm³/mol. The minimum Gasteiger partial charge on any atom is -0.340 e. The van der Waals surface area contributed by atoms with Crippen LogP contribution in [0.3, 0.4) is 0 Å². The maximum absolute atomic E-state index is 6.22. The molecule has 20 heavy (non-hydrogen) atoms. The summed E-state index contributed by atoms with van der Waals surface area (Å²) in [5.41, 5.74) is 8.46. The highest BCUT2D eigenvalue weighted by Crippen LogP contribution is 2.30. The van der Waals surface area contributed by atoms with Crippen molar-refractivity contribution in [2.24, 2.45) is 5.73 Å². The van der Waals surface area contributed by atoms with Crippen LogP contribution in [0.15, 0.2) is 52.4 Å². The van der Waals surface area contributed by atoms with Crippen molar-refractivity contribution in [3.05, 3.63) is 63.8 Å². The molecule has 0 aliphatic carbocycles. The van der Waals surface area contributed by atoms with Gasteiger partial charge in [0.25, 0.3) is 0 Å². The average molecular weight is 348 g/mol. The first-order chi connectivity index (χ1) is 9.72. The van der Waals surface area contributed by atoms with Gasteiger partial charge in [0.15, 0.2) is 0 Å². The quantitative estimate of drug-likeness (QED) is 0.744. The molecule has 1 atom stereocenters. The second kappa shape index (κ2) is 5.91. The molecule has 2 heterocycles. The number of nitrogens with zero attached hydrogens (tertiary/aromatic N) is 1. The number of nitrogens with one attached hydrogen (secondary N) is 1. The second-order valence-electron chi connectivity index (χ2n) is 4.58. The monoisotopic (exact) mass is 347 g/mol. The molecule has 0 saturated carbocycles. The molecule has 3 N–H and O–H groups in total. The lowest BCUT2D eigenvalue weighted by atomic mass is 10.1. The van der Waals surface area contributed by atoms with Crippen molar-refractivity contribution >= 4 is 27.3 Å². The number of nitrogens with two attached hydrogens (primary N) is 1. The number of rotatable bonds is 4. The third-order valence-corrected chi connectivity index (χ3v) is 4.74. The second-order valence-corrected chi connectivity index (χ2v) is 7.05. The molecule has 0 spiro atoms. The fourth-order valence-corrected chi connectivity index (χ4v) is 3.43. The fourth-order valence-electron chi connectivity index (χ4n) is 2.07. The van der Waals surface area contributed by atoms with Gasteiger partial charge in [-0.15, -0.1) is 11.3 Å². The van der Waals surface area contributed by atoms with Crippen LogP contribution in [-0.4, -0.2) is 9.97 Å². The number of H-pyrrole nitrogens is 1. The number of aromatic amines is 1. The number of hydrogen-bond acceptors (Lipinski definition) is 3. The molecule has 0 bridgehead atoms. The van der Waals surface area contributed by atoms with Gasteiger partial charge in [0.05, 0.1) is 26.6 Å². The van der Waals surface area contributed by atoms with E-state index >= 15 is 0 Å². The Balaban J connectivity index is 1.76. The summed E-state index contributed by atoms with van der Waals surface area (Å²) in [7, 11) is 0. The Kier molecular flexibility index (Phi) is 4.00. The van der Waals surface area contributed by atoms with E-state index in [-0.39, 0.29) is 6.04 Å². The number of thiophene rings is 1. The minimum absolute atomic E-state index is 0.116. The maximum Gasteiger partial charge on any atom is 0.123 e. The largest absolute Gasteiger partial charge is 0.340 e. The van der Waals surface area contributed by atoms with Crippen molar-refractivity contribution in [1.82, 2.24) is 9.97 Å². The van der Waals surface area contributed by atoms with Crippen LogP contribution >= 0.6 is 27.3 Å². The van der Waals surface area contributed by atoms with Crippen LogP contribution in [0.1, 0.15) is 17.4 Å². The number of imidazole rings is 1. The number of hydrogen-bond donors (Lipinski definition) is 2. The topological polar surface area (TPSA) is 54.7 Å². The van der Waals surface area contributed by atoms with E-state index in [2.05, 4.69) is 44.1 Å². The first-order valence-electron chi connectivity index (χ1n) is 6.32. The standard InChI is InChI=1S/C15H14BrN3S/c16-14-7-6-13(20-14)12-9-18-15(19-12)11(17)8-10-4-2-1-3-5-10/h1-7,9,11H,8,17H2,(H,18,19). The Labute approximate surface area is 130 Å². The van der Waals surface area contributed by atoms with Gasteiger partial charge in [0, 0.05) is 0 Å². The van der Waals surface area contributed by atoms with E-state index in [1.165, 1.54) is 5.56 Å². The zero-order valence-corrected chi connectivity index (χ0v) is 13.1. The van der Waals surface area contributed by atoms with Crippen LogP contribution in [0.25, 0.3) is 10.6 Å². The summed E-state index contributed by atoms with van der Waals surface area (Å²) in [6.45, 7) is 0. The van der Waals surface area contributed by atoms with Crippen molar-refractivity contribution in [3.8, 4) is 10.6 Å². The Morgan fingerprint density at radius 1 is 1.20 bits per heavy atom. The van der Waals surface area contributed by atoms with Gasteiger partial charge in [0.2, 0.25) is 0 Å². The first-order valence-corrected chi connectivity index (χ1v) is 7.93. The SMILES string of the molecule is NC(Cc1ccccc1)c1ncc(-c2ccc(Br)s2)[nH]1. The predicted octanol–water partition coefficient (Wildman–Crippen LogP) is 4.14. The van der Waals surface area contributed by atoms with Gasteiger partial charge in [-0.2, -0.15) is 0 Å². The van der Waals surface area contributed by atoms with Gasteiger partial charge < -0.3 is 10.7 Å². The lowest BCUT2D eigenvalue weighted by molar-refractivity contribution is 0.678. The molecule has 0 fully saturated rings. The number of benzene rings is 1. The molecule has 0 amide bonds. The van der Waals surface area contributed by atoms with Crippen molar-refractivity contribution in [2.45, 2.75) is 12.5 Å². The van der Waals surface area contributed by atoms with Crippen LogP contribution < -0.4 is 5.73 Å². The van der Waals surface area contributed by atoms with Gasteiger partial charge in [-0.1, -0.05) is 30.3 Å². The van der Waals surface area contributed by atoms with Crippen LogP contribution in [-0.2, 0) is 6.42 Å². The molecule has 1 aromatic carbocycles. The Morgan fingerprint density at radius 3 is 2.70 bits per heavy atom. The van der Waals surface area contributed by atoms with E-state index < -0.39 is 0 Å². The molecule has 2 aromatic heterocycles. The zero-order chi connectivity index (χ0) is 13.9. The molecule has 102 valence electrons. The van der Waals surface area contributed by atoms with Gasteiger partial charge in [-0.25, -0.2) is 4.98 Å². The summed E-state index contributed by atoms with van der Waals surface area (Å²) < 4.78 is 1.11. The van der Waals surface area contributed by atoms with Crippen molar-refractivity contribution in [2.75, 3.05) is 0 Å². The zero-order valence-electron chi connectivity index (χ0n) is 10.7. The molecular weight excluding hydrogens is 334 g/mol. The van der Waals surface area contributed by atoms with E-state index in [4.69, 9.17) is 5.73 Å². The molecular formula is C15H14BrN3S. The van der Waals surface area contributed by atoms with Crippen LogP contribution in [0.4, 0.5) is 0 Å². The lowest BCUT2D eigenvalue weighted by Gasteiger charge is -2.08. The lowest BCUT2D eigenvalue weighted by Crippen LogP contribution is -2.14. The Bertz CT molecular complexity index is 690. The maximum atomic E-state index is 6.22. The summed E-state index contributed by atoms with van der Waals surface area (Å²) in [4.78, 5) is 8.88. The molecule has 0 radical (unpaired) electrons. The van der Waals surface area contributed by atoms with Crippen molar-refractivity contribution in [3.63, 3.8) is 0 Å². The molecule has 0 aliphatic heterocycles. The van der Waals surface area contributed by atoms with Gasteiger partial charge >= 0.3 is 0 Å². The van der Waals surface area contributed by atoms with E-state index in [1.807, 2.05) is 30.5 Å². The van der Waals surface area contributed by atoms with Crippen molar-refractivity contribution in [1.29, 1.82) is 0 Å². The van der Waals surface area contributed by atoms with Gasteiger partial charge in [0.1, 0.15) is 5.82 Å². The summed E-state index contributed by atoms with van der Waals surface area (Å²) in [5.74, 6) is 0.827. The first kappa shape index (κ1) is 13.5. The highest BCUT2D eigenvalue weighted by molar-refractivity contribution is 9.11. The van der Waals surface area contributed by atoms with E-state index in [0.29, 0.717) is 0 Å². The summed E-state index contributed by atoms with van der Waals surface area (Å²) in [6.07, 6.45) is 2.63. The van der Waals surface area contributed by atoms with Crippen molar-refractivity contribution < 1.29 is 0 Å². The molecule has 3 aromatic rings. The molecule has 3 nitrogen and oxygen atoms in total. The third kappa shape index (κ3) is 3.00. The Hall–Kier alpha value is -1.43. The van der Waals surface area contributed by atoms with Crippen LogP contribution in [0.5, 0.6) is 0 Å². The minimum atomic E-state index is -0.116. The van der Waals surface area contributed by atoms with E-state index in [1.54, 1.807) is 11.3 Å². The molecule has 3 rings (SSSR count). The van der Waals surface area contributed by atoms with Crippen LogP contribution in [0, 0.1) is 0 Å². The molecule has 5 heteroatoms. The summed E-state index contributed by atoms with van der Waals surface area (Å²) in [6, 6.07) is 14.2. The highest BCUT2D eigenvalue weighted by Gasteiger charge is 2.12. The smallest absolute Gasteiger partial charge is 0.123 e. The fraction of sp³-hybridized carbons (Fsp3) is 0.133. The van der Waals surface area contributed by atoms with E-state index in [0.717, 1.165) is 26.6 Å². The third-order valence-electron chi connectivity index (χ3n) is 3.08. The van der Waals surface area contributed by atoms with E-state index in [9.17, 15) is 0 Å². The van der Waals surface area contributed by atoms with Crippen LogP contribution in [0.2, 0.25) is 0 Å². The average Bonchev–Trinajstić information content (AvgIpc) is 3.08. The highest BCUT2D eigenvalue weighted by atomic mass is 79.9. The molecule has 0 saturated heterocycles. The molecule has 1 unspecified atom stereocenters. The Morgan fingerprint density at radius 2 is 2.00 bits per heavy atom.